The Morgan fingerprint density at radius 3 is 2.68 bits per heavy atom. The Labute approximate surface area is 143 Å². The summed E-state index contributed by atoms with van der Waals surface area (Å²) in [6, 6.07) is 2.54. The fourth-order valence-corrected chi connectivity index (χ4v) is 4.02. The molecule has 1 atom stereocenters. The van der Waals surface area contributed by atoms with Crippen LogP contribution in [0.5, 0.6) is 0 Å². The number of fused-ring (bicyclic) bond motifs is 2. The molecule has 4 rings (SSSR count). The van der Waals surface area contributed by atoms with Crippen LogP contribution in [0.25, 0.3) is 0 Å². The summed E-state index contributed by atoms with van der Waals surface area (Å²) in [7, 11) is 0. The van der Waals surface area contributed by atoms with Gasteiger partial charge >= 0.3 is 6.18 Å². The second-order valence-electron chi connectivity index (χ2n) is 6.81. The third-order valence-corrected chi connectivity index (χ3v) is 5.23. The van der Waals surface area contributed by atoms with Gasteiger partial charge < -0.3 is 10.6 Å². The van der Waals surface area contributed by atoms with E-state index in [4.69, 9.17) is 5.73 Å². The Morgan fingerprint density at radius 1 is 1.12 bits per heavy atom. The summed E-state index contributed by atoms with van der Waals surface area (Å²) in [6.07, 6.45) is 2.12. The highest BCUT2D eigenvalue weighted by atomic mass is 19.4. The number of hydrogen-bond acceptors (Lipinski definition) is 5. The van der Waals surface area contributed by atoms with Crippen LogP contribution in [0.2, 0.25) is 0 Å². The number of piperidine rings is 1. The fraction of sp³-hybridized carbons (Fsp3) is 0.471. The van der Waals surface area contributed by atoms with Gasteiger partial charge in [-0.2, -0.15) is 13.2 Å². The predicted molar refractivity (Wildman–Crippen MR) is 87.1 cm³/mol. The van der Waals surface area contributed by atoms with Gasteiger partial charge in [-0.15, -0.1) is 0 Å². The zero-order valence-corrected chi connectivity index (χ0v) is 13.6. The Morgan fingerprint density at radius 2 is 1.96 bits per heavy atom. The Balaban J connectivity index is 1.62. The quantitative estimate of drug-likeness (QED) is 0.857. The number of aryl methyl sites for hydroxylation is 1. The molecule has 0 saturated carbocycles. The van der Waals surface area contributed by atoms with Crippen LogP contribution in [0.3, 0.4) is 0 Å². The molecule has 2 aromatic heterocycles. The molecule has 0 amide bonds. The summed E-state index contributed by atoms with van der Waals surface area (Å²) >= 11 is 0. The molecule has 132 valence electrons. The van der Waals surface area contributed by atoms with Crippen LogP contribution < -0.4 is 10.6 Å². The molecule has 2 N–H and O–H groups in total. The molecule has 0 radical (unpaired) electrons. The maximum atomic E-state index is 12.7. The van der Waals surface area contributed by atoms with Gasteiger partial charge in [-0.05, 0) is 43.4 Å². The van der Waals surface area contributed by atoms with E-state index in [1.165, 1.54) is 6.07 Å². The topological polar surface area (TPSA) is 67.9 Å². The Hall–Kier alpha value is -2.38. The van der Waals surface area contributed by atoms with Crippen molar-refractivity contribution in [2.75, 3.05) is 23.7 Å². The molecule has 0 bridgehead atoms. The second kappa shape index (κ2) is 5.57. The number of rotatable bonds is 1. The van der Waals surface area contributed by atoms with E-state index < -0.39 is 11.7 Å². The van der Waals surface area contributed by atoms with Crippen LogP contribution in [0.15, 0.2) is 24.5 Å². The highest BCUT2D eigenvalue weighted by Crippen LogP contribution is 2.44. The SMILES string of the molecule is Nc1ncc2c(n1)C1(CCCN(c3ccc(C(F)(F)F)cn3)C1)CC2. The highest BCUT2D eigenvalue weighted by Gasteiger charge is 2.44. The fourth-order valence-electron chi connectivity index (χ4n) is 4.02. The standard InChI is InChI=1S/C17H18F3N5/c18-17(19,20)12-2-3-13(22-9-12)25-7-1-5-16(10-25)6-4-11-8-23-15(21)24-14(11)16/h2-3,8-9H,1,4-7,10H2,(H2,21,23,24). The molecular formula is C17H18F3N5. The first-order chi connectivity index (χ1) is 11.9. The van der Waals surface area contributed by atoms with E-state index in [1.807, 2.05) is 0 Å². The minimum atomic E-state index is -4.37. The summed E-state index contributed by atoms with van der Waals surface area (Å²) in [6.45, 7) is 1.46. The molecule has 1 saturated heterocycles. The molecule has 1 aliphatic carbocycles. The number of nitrogens with zero attached hydrogens (tertiary/aromatic N) is 4. The number of nitrogen functional groups attached to an aromatic ring is 1. The smallest absolute Gasteiger partial charge is 0.368 e. The number of pyridine rings is 1. The number of halogens is 3. The van der Waals surface area contributed by atoms with Gasteiger partial charge in [0.25, 0.3) is 0 Å². The lowest BCUT2D eigenvalue weighted by Gasteiger charge is -2.41. The zero-order valence-electron chi connectivity index (χ0n) is 13.6. The number of nitrogens with two attached hydrogens (primary N) is 1. The average Bonchev–Trinajstić information content (AvgIpc) is 2.92. The van der Waals surface area contributed by atoms with Gasteiger partial charge in [-0.25, -0.2) is 15.0 Å². The number of alkyl halides is 3. The van der Waals surface area contributed by atoms with E-state index in [-0.39, 0.29) is 11.4 Å². The van der Waals surface area contributed by atoms with E-state index in [9.17, 15) is 13.2 Å². The molecule has 8 heteroatoms. The minimum absolute atomic E-state index is 0.116. The van der Waals surface area contributed by atoms with Gasteiger partial charge in [-0.1, -0.05) is 0 Å². The van der Waals surface area contributed by atoms with Gasteiger partial charge in [-0.3, -0.25) is 0 Å². The van der Waals surface area contributed by atoms with Crippen LogP contribution in [0, 0.1) is 0 Å². The first kappa shape index (κ1) is 16.1. The second-order valence-corrected chi connectivity index (χ2v) is 6.81. The monoisotopic (exact) mass is 349 g/mol. The van der Waals surface area contributed by atoms with Crippen LogP contribution in [0.1, 0.15) is 36.1 Å². The third-order valence-electron chi connectivity index (χ3n) is 5.23. The van der Waals surface area contributed by atoms with E-state index in [1.54, 1.807) is 6.20 Å². The molecule has 5 nitrogen and oxygen atoms in total. The highest BCUT2D eigenvalue weighted by molar-refractivity contribution is 5.45. The zero-order chi connectivity index (χ0) is 17.7. The van der Waals surface area contributed by atoms with Crippen molar-refractivity contribution in [3.63, 3.8) is 0 Å². The average molecular weight is 349 g/mol. The number of aromatic nitrogens is 3. The molecule has 2 aliphatic rings. The molecule has 2 aromatic rings. The van der Waals surface area contributed by atoms with Crippen LogP contribution in [0.4, 0.5) is 24.9 Å². The van der Waals surface area contributed by atoms with Gasteiger partial charge in [0.05, 0.1) is 11.3 Å². The van der Waals surface area contributed by atoms with Crippen molar-refractivity contribution in [3.8, 4) is 0 Å². The summed E-state index contributed by atoms with van der Waals surface area (Å²) in [5.41, 5.74) is 7.04. The molecule has 1 spiro atoms. The maximum absolute atomic E-state index is 12.7. The van der Waals surface area contributed by atoms with Crippen molar-refractivity contribution in [3.05, 3.63) is 41.3 Å². The lowest BCUT2D eigenvalue weighted by atomic mass is 9.77. The van der Waals surface area contributed by atoms with Crippen LogP contribution in [-0.4, -0.2) is 28.0 Å². The van der Waals surface area contributed by atoms with Crippen molar-refractivity contribution in [2.45, 2.75) is 37.3 Å². The molecule has 1 aliphatic heterocycles. The van der Waals surface area contributed by atoms with Crippen molar-refractivity contribution >= 4 is 11.8 Å². The van der Waals surface area contributed by atoms with Gasteiger partial charge in [0.15, 0.2) is 0 Å². The Bertz CT molecular complexity index is 786. The van der Waals surface area contributed by atoms with Gasteiger partial charge in [0, 0.05) is 30.9 Å². The molecular weight excluding hydrogens is 331 g/mol. The summed E-state index contributed by atoms with van der Waals surface area (Å²) in [5.74, 6) is 0.840. The van der Waals surface area contributed by atoms with E-state index in [0.717, 1.165) is 55.7 Å². The van der Waals surface area contributed by atoms with Crippen LogP contribution in [-0.2, 0) is 18.0 Å². The maximum Gasteiger partial charge on any atom is 0.417 e. The van der Waals surface area contributed by atoms with Crippen LogP contribution >= 0.6 is 0 Å². The van der Waals surface area contributed by atoms with E-state index in [2.05, 4.69) is 19.9 Å². The first-order valence-electron chi connectivity index (χ1n) is 8.27. The largest absolute Gasteiger partial charge is 0.417 e. The van der Waals surface area contributed by atoms with E-state index >= 15 is 0 Å². The number of anilines is 2. The molecule has 1 fully saturated rings. The predicted octanol–water partition coefficient (Wildman–Crippen LogP) is 2.96. The van der Waals surface area contributed by atoms with E-state index in [0.29, 0.717) is 12.4 Å². The van der Waals surface area contributed by atoms with Crippen molar-refractivity contribution < 1.29 is 13.2 Å². The first-order valence-corrected chi connectivity index (χ1v) is 8.27. The van der Waals surface area contributed by atoms with Crippen molar-refractivity contribution in [2.24, 2.45) is 0 Å². The Kier molecular flexibility index (Phi) is 3.59. The lowest BCUT2D eigenvalue weighted by Crippen LogP contribution is -2.45. The van der Waals surface area contributed by atoms with Crippen molar-refractivity contribution in [1.29, 1.82) is 0 Å². The number of hydrogen-bond donors (Lipinski definition) is 1. The third kappa shape index (κ3) is 2.79. The molecule has 25 heavy (non-hydrogen) atoms. The normalized spacial score (nSPS) is 23.1. The van der Waals surface area contributed by atoms with Gasteiger partial charge in [0.1, 0.15) is 5.82 Å². The summed E-state index contributed by atoms with van der Waals surface area (Å²) in [5, 5.41) is 0. The minimum Gasteiger partial charge on any atom is -0.368 e. The van der Waals surface area contributed by atoms with Crippen molar-refractivity contribution in [1.82, 2.24) is 15.0 Å². The molecule has 3 heterocycles. The summed E-state index contributed by atoms with van der Waals surface area (Å²) < 4.78 is 38.2. The lowest BCUT2D eigenvalue weighted by molar-refractivity contribution is -0.137. The molecule has 1 unspecified atom stereocenters. The molecule has 0 aromatic carbocycles. The van der Waals surface area contributed by atoms with Gasteiger partial charge in [0.2, 0.25) is 5.95 Å². The summed E-state index contributed by atoms with van der Waals surface area (Å²) in [4.78, 5) is 14.6.